The minimum Gasteiger partial charge on any atom is -0.357 e. The van der Waals surface area contributed by atoms with Crippen molar-refractivity contribution in [3.8, 4) is 0 Å². The van der Waals surface area contributed by atoms with E-state index in [2.05, 4.69) is 29.5 Å². The molecule has 0 fully saturated rings. The Bertz CT molecular complexity index is 386. The van der Waals surface area contributed by atoms with Gasteiger partial charge in [-0.3, -0.25) is 4.99 Å². The maximum atomic E-state index is 11.4. The van der Waals surface area contributed by atoms with Crippen molar-refractivity contribution < 1.29 is 8.42 Å². The minimum absolute atomic E-state index is 0. The Hall–Kier alpha value is -0.0900. The molecule has 0 aromatic rings. The van der Waals surface area contributed by atoms with E-state index < -0.39 is 10.0 Å². The van der Waals surface area contributed by atoms with Crippen LogP contribution in [0.5, 0.6) is 0 Å². The maximum absolute atomic E-state index is 11.4. The molecule has 128 valence electrons. The number of rotatable bonds is 9. The Morgan fingerprint density at radius 2 is 1.86 bits per heavy atom. The fraction of sp³-hybridized carbons (Fsp3) is 0.923. The van der Waals surface area contributed by atoms with Gasteiger partial charge < -0.3 is 10.6 Å². The van der Waals surface area contributed by atoms with Crippen LogP contribution < -0.4 is 10.6 Å². The first-order valence-corrected chi connectivity index (χ1v) is 9.13. The number of nitrogens with one attached hydrogen (secondary N) is 2. The van der Waals surface area contributed by atoms with E-state index in [9.17, 15) is 8.42 Å². The summed E-state index contributed by atoms with van der Waals surface area (Å²) < 4.78 is 24.4. The first kappa shape index (κ1) is 23.2. The van der Waals surface area contributed by atoms with Crippen LogP contribution in [0.4, 0.5) is 0 Å². The predicted octanol–water partition coefficient (Wildman–Crippen LogP) is 1.49. The maximum Gasteiger partial charge on any atom is 0.211 e. The van der Waals surface area contributed by atoms with Crippen LogP contribution >= 0.6 is 24.0 Å². The van der Waals surface area contributed by atoms with Crippen molar-refractivity contribution >= 4 is 40.0 Å². The zero-order chi connectivity index (χ0) is 15.6. The van der Waals surface area contributed by atoms with E-state index in [1.165, 1.54) is 10.6 Å². The van der Waals surface area contributed by atoms with Gasteiger partial charge in [-0.1, -0.05) is 20.8 Å². The van der Waals surface area contributed by atoms with Crippen molar-refractivity contribution in [2.45, 2.75) is 34.1 Å². The van der Waals surface area contributed by atoms with Crippen LogP contribution in [-0.4, -0.2) is 57.7 Å². The predicted molar refractivity (Wildman–Crippen MR) is 101 cm³/mol. The lowest BCUT2D eigenvalue weighted by Gasteiger charge is -2.18. The highest BCUT2D eigenvalue weighted by atomic mass is 127. The summed E-state index contributed by atoms with van der Waals surface area (Å²) in [5.41, 5.74) is 0. The van der Waals surface area contributed by atoms with Crippen LogP contribution in [0, 0.1) is 5.92 Å². The van der Waals surface area contributed by atoms with Crippen molar-refractivity contribution in [1.29, 1.82) is 0 Å². The van der Waals surface area contributed by atoms with E-state index in [4.69, 9.17) is 0 Å². The van der Waals surface area contributed by atoms with Gasteiger partial charge in [0, 0.05) is 32.7 Å². The number of guanidine groups is 1. The van der Waals surface area contributed by atoms with Crippen LogP contribution in [0.15, 0.2) is 4.99 Å². The molecule has 0 heterocycles. The van der Waals surface area contributed by atoms with Crippen molar-refractivity contribution in [2.75, 3.05) is 39.0 Å². The molecule has 0 saturated heterocycles. The largest absolute Gasteiger partial charge is 0.357 e. The molecule has 6 nitrogen and oxygen atoms in total. The molecule has 0 aliphatic carbocycles. The van der Waals surface area contributed by atoms with E-state index in [0.29, 0.717) is 25.6 Å². The third-order valence-corrected chi connectivity index (χ3v) is 4.04. The van der Waals surface area contributed by atoms with E-state index in [1.54, 1.807) is 0 Å². The molecule has 2 N–H and O–H groups in total. The zero-order valence-corrected chi connectivity index (χ0v) is 17.0. The fourth-order valence-electron chi connectivity index (χ4n) is 1.64. The summed E-state index contributed by atoms with van der Waals surface area (Å²) in [5.74, 6) is 1.31. The second kappa shape index (κ2) is 12.5. The number of hydrogen-bond acceptors (Lipinski definition) is 3. The summed E-state index contributed by atoms with van der Waals surface area (Å²) in [6.07, 6.45) is 2.01. The van der Waals surface area contributed by atoms with E-state index in [1.807, 2.05) is 13.8 Å². The van der Waals surface area contributed by atoms with Gasteiger partial charge in [-0.15, -0.1) is 24.0 Å². The Morgan fingerprint density at radius 3 is 2.29 bits per heavy atom. The summed E-state index contributed by atoms with van der Waals surface area (Å²) in [6.45, 7) is 11.5. The summed E-state index contributed by atoms with van der Waals surface area (Å²) in [5, 5.41) is 6.40. The van der Waals surface area contributed by atoms with Gasteiger partial charge in [0.05, 0.1) is 6.26 Å². The summed E-state index contributed by atoms with van der Waals surface area (Å²) in [7, 11) is -3.09. The lowest BCUT2D eigenvalue weighted by molar-refractivity contribution is 0.424. The van der Waals surface area contributed by atoms with E-state index in [0.717, 1.165) is 25.5 Å². The molecule has 0 aromatic carbocycles. The molecule has 0 aliphatic heterocycles. The highest BCUT2D eigenvalue weighted by Gasteiger charge is 2.13. The molecule has 8 heteroatoms. The van der Waals surface area contributed by atoms with E-state index >= 15 is 0 Å². The average molecular weight is 434 g/mol. The molecule has 0 saturated carbocycles. The molecule has 0 radical (unpaired) electrons. The van der Waals surface area contributed by atoms with Crippen LogP contribution in [0.2, 0.25) is 0 Å². The van der Waals surface area contributed by atoms with Gasteiger partial charge in [0.2, 0.25) is 10.0 Å². The molecule has 0 aromatic heterocycles. The Labute approximate surface area is 147 Å². The highest BCUT2D eigenvalue weighted by Crippen LogP contribution is 1.98. The Kier molecular flexibility index (Phi) is 13.7. The zero-order valence-electron chi connectivity index (χ0n) is 13.8. The number of sulfonamides is 1. The first-order valence-electron chi connectivity index (χ1n) is 7.28. The van der Waals surface area contributed by atoms with Crippen molar-refractivity contribution in [3.63, 3.8) is 0 Å². The molecular weight excluding hydrogens is 403 g/mol. The van der Waals surface area contributed by atoms with Gasteiger partial charge in [0.1, 0.15) is 0 Å². The van der Waals surface area contributed by atoms with Crippen LogP contribution in [0.3, 0.4) is 0 Å². The van der Waals surface area contributed by atoms with Crippen molar-refractivity contribution in [3.05, 3.63) is 0 Å². The number of halogens is 1. The molecular formula is C13H31IN4O2S. The quantitative estimate of drug-likeness (QED) is 0.250. The fourth-order valence-corrected chi connectivity index (χ4v) is 2.57. The molecule has 0 rings (SSSR count). The second-order valence-corrected chi connectivity index (χ2v) is 7.13. The molecule has 0 spiro atoms. The topological polar surface area (TPSA) is 73.8 Å². The lowest BCUT2D eigenvalue weighted by Crippen LogP contribution is -2.39. The third kappa shape index (κ3) is 12.2. The number of nitrogens with zero attached hydrogens (tertiary/aromatic N) is 2. The molecule has 0 atom stereocenters. The minimum atomic E-state index is -3.09. The van der Waals surface area contributed by atoms with Crippen LogP contribution in [-0.2, 0) is 10.0 Å². The smallest absolute Gasteiger partial charge is 0.211 e. The SMILES string of the molecule is CCNC(=NCC(C)C)NCCCN(CC)S(C)(=O)=O.I. The summed E-state index contributed by atoms with van der Waals surface area (Å²) >= 11 is 0. The number of aliphatic imine (C=N–C) groups is 1. The first-order chi connectivity index (χ1) is 9.31. The molecule has 0 unspecified atom stereocenters. The van der Waals surface area contributed by atoms with Gasteiger partial charge >= 0.3 is 0 Å². The van der Waals surface area contributed by atoms with Crippen LogP contribution in [0.25, 0.3) is 0 Å². The molecule has 21 heavy (non-hydrogen) atoms. The Balaban J connectivity index is 0. The summed E-state index contributed by atoms with van der Waals surface area (Å²) in [6, 6.07) is 0. The molecule has 0 aliphatic rings. The molecule has 0 amide bonds. The average Bonchev–Trinajstić information content (AvgIpc) is 2.33. The summed E-state index contributed by atoms with van der Waals surface area (Å²) in [4.78, 5) is 4.46. The third-order valence-electron chi connectivity index (χ3n) is 2.66. The van der Waals surface area contributed by atoms with Gasteiger partial charge in [0.15, 0.2) is 5.96 Å². The Morgan fingerprint density at radius 1 is 1.24 bits per heavy atom. The highest BCUT2D eigenvalue weighted by molar-refractivity contribution is 14.0. The van der Waals surface area contributed by atoms with Gasteiger partial charge in [-0.2, -0.15) is 0 Å². The number of hydrogen-bond donors (Lipinski definition) is 2. The van der Waals surface area contributed by atoms with E-state index in [-0.39, 0.29) is 24.0 Å². The van der Waals surface area contributed by atoms with Crippen LogP contribution in [0.1, 0.15) is 34.1 Å². The van der Waals surface area contributed by atoms with Gasteiger partial charge in [-0.25, -0.2) is 12.7 Å². The normalized spacial score (nSPS) is 12.4. The van der Waals surface area contributed by atoms with Crippen molar-refractivity contribution in [1.82, 2.24) is 14.9 Å². The van der Waals surface area contributed by atoms with Gasteiger partial charge in [-0.05, 0) is 19.3 Å². The van der Waals surface area contributed by atoms with Crippen molar-refractivity contribution in [2.24, 2.45) is 10.9 Å². The standard InChI is InChI=1S/C13H30N4O2S.HI/c1-6-14-13(16-11-12(3)4)15-9-8-10-17(7-2)20(5,18)19;/h12H,6-11H2,1-5H3,(H2,14,15,16);1H. The lowest BCUT2D eigenvalue weighted by atomic mass is 10.2. The van der Waals surface area contributed by atoms with Gasteiger partial charge in [0.25, 0.3) is 0 Å². The second-order valence-electron chi connectivity index (χ2n) is 5.15. The molecule has 0 bridgehead atoms. The monoisotopic (exact) mass is 434 g/mol.